The number of halogens is 1. The van der Waals surface area contributed by atoms with Crippen LogP contribution in [0.15, 0.2) is 12.4 Å². The predicted molar refractivity (Wildman–Crippen MR) is 74.2 cm³/mol. The lowest BCUT2D eigenvalue weighted by Gasteiger charge is -2.04. The molecule has 0 aliphatic carbocycles. The number of H-pyrrole nitrogens is 1. The fraction of sp³-hybridized carbons (Fsp3) is 0.364. The van der Waals surface area contributed by atoms with Crippen LogP contribution in [0.2, 0.25) is 5.02 Å². The number of aromatic amines is 1. The van der Waals surface area contributed by atoms with Crippen LogP contribution in [0.4, 0.5) is 5.69 Å². The third-order valence-electron chi connectivity index (χ3n) is 2.78. The summed E-state index contributed by atoms with van der Waals surface area (Å²) in [6, 6.07) is 0. The summed E-state index contributed by atoms with van der Waals surface area (Å²) in [5.74, 6) is -0.561. The molecule has 0 aliphatic rings. The molecule has 9 nitrogen and oxygen atoms in total. The van der Waals surface area contributed by atoms with Gasteiger partial charge in [0, 0.05) is 19.3 Å². The van der Waals surface area contributed by atoms with Crippen molar-refractivity contribution in [3.63, 3.8) is 0 Å². The van der Waals surface area contributed by atoms with Crippen LogP contribution in [0, 0.1) is 17.0 Å². The first-order valence-electron chi connectivity index (χ1n) is 6.14. The Hall–Kier alpha value is -2.42. The van der Waals surface area contributed by atoms with E-state index in [1.807, 2.05) is 0 Å². The Balaban J connectivity index is 1.82. The van der Waals surface area contributed by atoms with E-state index >= 15 is 0 Å². The molecule has 2 heterocycles. The standard InChI is InChI=1S/C11H13ClN6O3/c1-7-8(12)6-17(16-7)4-2-3-13-11(19)10-9(18(20)21)5-14-15-10/h5-6H,2-4H2,1H3,(H,13,19)(H,14,15). The normalized spacial score (nSPS) is 10.6. The van der Waals surface area contributed by atoms with Crippen molar-refractivity contribution in [3.05, 3.63) is 38.9 Å². The van der Waals surface area contributed by atoms with Gasteiger partial charge in [0.2, 0.25) is 5.69 Å². The maximum Gasteiger partial charge on any atom is 0.319 e. The number of nitro groups is 1. The molecule has 10 heteroatoms. The number of nitrogens with one attached hydrogen (secondary N) is 2. The summed E-state index contributed by atoms with van der Waals surface area (Å²) in [4.78, 5) is 21.8. The van der Waals surface area contributed by atoms with E-state index in [0.717, 1.165) is 11.9 Å². The highest BCUT2D eigenvalue weighted by Crippen LogP contribution is 2.14. The second-order valence-electron chi connectivity index (χ2n) is 4.32. The number of carbonyl (C=O) groups excluding carboxylic acids is 1. The lowest BCUT2D eigenvalue weighted by atomic mass is 10.3. The van der Waals surface area contributed by atoms with Gasteiger partial charge < -0.3 is 5.32 Å². The Morgan fingerprint density at radius 1 is 1.62 bits per heavy atom. The summed E-state index contributed by atoms with van der Waals surface area (Å²) in [5.41, 5.74) is 0.244. The molecule has 2 N–H and O–H groups in total. The first kappa shape index (κ1) is 15.0. The number of carbonyl (C=O) groups is 1. The molecule has 2 aromatic rings. The van der Waals surface area contributed by atoms with Crippen LogP contribution in [-0.2, 0) is 6.54 Å². The zero-order valence-electron chi connectivity index (χ0n) is 11.2. The van der Waals surface area contributed by atoms with Gasteiger partial charge in [-0.15, -0.1) is 0 Å². The monoisotopic (exact) mass is 312 g/mol. The van der Waals surface area contributed by atoms with E-state index in [4.69, 9.17) is 11.6 Å². The molecule has 112 valence electrons. The molecule has 1 amide bonds. The first-order valence-corrected chi connectivity index (χ1v) is 6.52. The molecule has 2 rings (SSSR count). The van der Waals surface area contributed by atoms with E-state index in [1.54, 1.807) is 17.8 Å². The Labute approximate surface area is 124 Å². The SMILES string of the molecule is Cc1nn(CCCNC(=O)c2[nH]ncc2[N+](=O)[O-])cc1Cl. The molecule has 0 saturated heterocycles. The third-order valence-corrected chi connectivity index (χ3v) is 3.15. The number of hydrogen-bond acceptors (Lipinski definition) is 5. The summed E-state index contributed by atoms with van der Waals surface area (Å²) in [7, 11) is 0. The number of hydrogen-bond donors (Lipinski definition) is 2. The van der Waals surface area contributed by atoms with Crippen LogP contribution in [-0.4, -0.2) is 37.4 Å². The smallest absolute Gasteiger partial charge is 0.319 e. The van der Waals surface area contributed by atoms with Crippen molar-refractivity contribution in [1.82, 2.24) is 25.3 Å². The van der Waals surface area contributed by atoms with Crippen LogP contribution in [0.3, 0.4) is 0 Å². The van der Waals surface area contributed by atoms with Crippen molar-refractivity contribution in [2.45, 2.75) is 19.9 Å². The second kappa shape index (κ2) is 6.35. The minimum Gasteiger partial charge on any atom is -0.350 e. The van der Waals surface area contributed by atoms with E-state index in [0.29, 0.717) is 24.5 Å². The van der Waals surface area contributed by atoms with Gasteiger partial charge in [-0.3, -0.25) is 24.7 Å². The first-order chi connectivity index (χ1) is 9.99. The summed E-state index contributed by atoms with van der Waals surface area (Å²) < 4.78 is 1.68. The predicted octanol–water partition coefficient (Wildman–Crippen LogP) is 1.30. The Morgan fingerprint density at radius 2 is 2.38 bits per heavy atom. The molecule has 0 aromatic carbocycles. The summed E-state index contributed by atoms with van der Waals surface area (Å²) >= 11 is 5.88. The molecule has 21 heavy (non-hydrogen) atoms. The molecular formula is C11H13ClN6O3. The highest BCUT2D eigenvalue weighted by Gasteiger charge is 2.22. The van der Waals surface area contributed by atoms with Gasteiger partial charge in [0.05, 0.1) is 15.6 Å². The number of aromatic nitrogens is 4. The quantitative estimate of drug-likeness (QED) is 0.473. The van der Waals surface area contributed by atoms with Crippen LogP contribution < -0.4 is 5.32 Å². The maximum absolute atomic E-state index is 11.8. The van der Waals surface area contributed by atoms with E-state index in [9.17, 15) is 14.9 Å². The average molecular weight is 313 g/mol. The zero-order valence-corrected chi connectivity index (χ0v) is 11.9. The second-order valence-corrected chi connectivity index (χ2v) is 4.73. The third kappa shape index (κ3) is 3.57. The molecule has 0 fully saturated rings. The number of aryl methyl sites for hydroxylation is 2. The van der Waals surface area contributed by atoms with Gasteiger partial charge >= 0.3 is 5.69 Å². The maximum atomic E-state index is 11.8. The van der Waals surface area contributed by atoms with Gasteiger partial charge in [-0.1, -0.05) is 11.6 Å². The molecule has 0 radical (unpaired) electrons. The van der Waals surface area contributed by atoms with Crippen molar-refractivity contribution < 1.29 is 9.72 Å². The fourth-order valence-corrected chi connectivity index (χ4v) is 1.88. The van der Waals surface area contributed by atoms with Crippen LogP contribution in [0.25, 0.3) is 0 Å². The number of nitrogens with zero attached hydrogens (tertiary/aromatic N) is 4. The molecule has 0 saturated carbocycles. The zero-order chi connectivity index (χ0) is 15.4. The number of rotatable bonds is 6. The van der Waals surface area contributed by atoms with Gasteiger partial charge in [0.25, 0.3) is 5.91 Å². The van der Waals surface area contributed by atoms with Crippen molar-refractivity contribution >= 4 is 23.2 Å². The Kier molecular flexibility index (Phi) is 4.53. The molecule has 0 bridgehead atoms. The molecule has 2 aromatic heterocycles. The summed E-state index contributed by atoms with van der Waals surface area (Å²) in [6.07, 6.45) is 3.33. The van der Waals surface area contributed by atoms with Gasteiger partial charge in [0.1, 0.15) is 6.20 Å². The lowest BCUT2D eigenvalue weighted by molar-refractivity contribution is -0.385. The van der Waals surface area contributed by atoms with Crippen molar-refractivity contribution in [2.24, 2.45) is 0 Å². The molecular weight excluding hydrogens is 300 g/mol. The highest BCUT2D eigenvalue weighted by molar-refractivity contribution is 6.31. The van der Waals surface area contributed by atoms with Gasteiger partial charge in [0.15, 0.2) is 0 Å². The molecule has 0 aliphatic heterocycles. The van der Waals surface area contributed by atoms with Gasteiger partial charge in [-0.2, -0.15) is 10.2 Å². The van der Waals surface area contributed by atoms with E-state index in [-0.39, 0.29) is 11.4 Å². The summed E-state index contributed by atoms with van der Waals surface area (Å²) in [5, 5.41) is 23.8. The van der Waals surface area contributed by atoms with Crippen LogP contribution >= 0.6 is 11.6 Å². The van der Waals surface area contributed by atoms with Crippen LogP contribution in [0.1, 0.15) is 22.6 Å². The fourth-order valence-electron chi connectivity index (χ4n) is 1.72. The topological polar surface area (TPSA) is 119 Å². The molecule has 0 spiro atoms. The van der Waals surface area contributed by atoms with Gasteiger partial charge in [-0.25, -0.2) is 0 Å². The van der Waals surface area contributed by atoms with E-state index in [1.165, 1.54) is 0 Å². The largest absolute Gasteiger partial charge is 0.350 e. The number of amides is 1. The van der Waals surface area contributed by atoms with E-state index < -0.39 is 10.8 Å². The Bertz CT molecular complexity index is 645. The lowest BCUT2D eigenvalue weighted by Crippen LogP contribution is -2.26. The van der Waals surface area contributed by atoms with E-state index in [2.05, 4.69) is 20.6 Å². The Morgan fingerprint density at radius 3 is 3.00 bits per heavy atom. The molecule has 0 unspecified atom stereocenters. The summed E-state index contributed by atoms with van der Waals surface area (Å²) in [6.45, 7) is 2.74. The van der Waals surface area contributed by atoms with Gasteiger partial charge in [-0.05, 0) is 13.3 Å². The van der Waals surface area contributed by atoms with Crippen molar-refractivity contribution in [2.75, 3.05) is 6.54 Å². The van der Waals surface area contributed by atoms with Crippen LogP contribution in [0.5, 0.6) is 0 Å². The molecule has 0 atom stereocenters. The van der Waals surface area contributed by atoms with Crippen molar-refractivity contribution in [1.29, 1.82) is 0 Å². The van der Waals surface area contributed by atoms with Crippen molar-refractivity contribution in [3.8, 4) is 0 Å². The average Bonchev–Trinajstić information content (AvgIpc) is 3.02. The minimum atomic E-state index is -0.660. The highest BCUT2D eigenvalue weighted by atomic mass is 35.5. The minimum absolute atomic E-state index is 0.155.